The highest BCUT2D eigenvalue weighted by atomic mass is 16.8. The summed E-state index contributed by atoms with van der Waals surface area (Å²) in [5.74, 6) is -0.707. The molecule has 2 unspecified atom stereocenters. The Morgan fingerprint density at radius 3 is 2.12 bits per heavy atom. The highest BCUT2D eigenvalue weighted by molar-refractivity contribution is 5.81. The first-order chi connectivity index (χ1) is 12.0. The number of carboxylic acid groups (broad SMARTS) is 1. The number of alkyl carbamates (subject to hydrolysis) is 1. The minimum Gasteiger partial charge on any atom is -0.479 e. The van der Waals surface area contributed by atoms with E-state index >= 15 is 0 Å². The molecule has 2 N–H and O–H groups in total. The number of carbonyl (C=O) groups excluding carboxylic acids is 1. The fraction of sp³-hybridized carbons (Fsp3) is 0.556. The van der Waals surface area contributed by atoms with Crippen LogP contribution in [0.3, 0.4) is 0 Å². The number of hydrogen-bond donors (Lipinski definition) is 2. The fourth-order valence-corrected chi connectivity index (χ4v) is 2.00. The van der Waals surface area contributed by atoms with E-state index in [4.69, 9.17) is 18.9 Å². The van der Waals surface area contributed by atoms with Gasteiger partial charge in [-0.15, -0.1) is 0 Å². The van der Waals surface area contributed by atoms with Crippen molar-refractivity contribution in [1.29, 1.82) is 0 Å². The second-order valence-electron chi connectivity index (χ2n) is 6.61. The summed E-state index contributed by atoms with van der Waals surface area (Å²) >= 11 is 0. The van der Waals surface area contributed by atoms with Gasteiger partial charge in [0.25, 0.3) is 0 Å². The van der Waals surface area contributed by atoms with Crippen molar-refractivity contribution in [3.8, 4) is 5.75 Å². The van der Waals surface area contributed by atoms with E-state index in [2.05, 4.69) is 5.32 Å². The van der Waals surface area contributed by atoms with Gasteiger partial charge in [0, 0.05) is 7.11 Å². The Labute approximate surface area is 153 Å². The van der Waals surface area contributed by atoms with Gasteiger partial charge in [0.15, 0.2) is 18.6 Å². The number of aliphatic carboxylic acids is 1. The third-order valence-electron chi connectivity index (χ3n) is 3.14. The maximum atomic E-state index is 11.8. The van der Waals surface area contributed by atoms with E-state index in [9.17, 15) is 14.7 Å². The third kappa shape index (κ3) is 7.71. The topological polar surface area (TPSA) is 103 Å². The number of rotatable bonds is 8. The molecule has 1 rings (SSSR count). The molecule has 0 aliphatic carbocycles. The first-order valence-electron chi connectivity index (χ1n) is 8.19. The SMILES string of the molecule is COC(C)OC(C)Oc1ccc([C@@H](NC(=O)OC(C)(C)C)C(=O)O)cc1. The lowest BCUT2D eigenvalue weighted by Crippen LogP contribution is -2.38. The molecule has 0 aliphatic rings. The molecule has 0 spiro atoms. The van der Waals surface area contributed by atoms with Crippen LogP contribution >= 0.6 is 0 Å². The Morgan fingerprint density at radius 2 is 1.65 bits per heavy atom. The summed E-state index contributed by atoms with van der Waals surface area (Å²) in [6.45, 7) is 8.54. The van der Waals surface area contributed by atoms with Crippen LogP contribution in [0.25, 0.3) is 0 Å². The minimum atomic E-state index is -1.24. The van der Waals surface area contributed by atoms with Crippen molar-refractivity contribution in [2.45, 2.75) is 58.8 Å². The molecule has 3 atom stereocenters. The molecule has 0 fully saturated rings. The smallest absolute Gasteiger partial charge is 0.408 e. The summed E-state index contributed by atoms with van der Waals surface area (Å²) in [6.07, 6.45) is -1.77. The molecule has 0 saturated carbocycles. The number of benzene rings is 1. The van der Waals surface area contributed by atoms with Gasteiger partial charge in [-0.2, -0.15) is 0 Å². The van der Waals surface area contributed by atoms with E-state index in [1.165, 1.54) is 7.11 Å². The molecule has 0 aromatic heterocycles. The van der Waals surface area contributed by atoms with Crippen molar-refractivity contribution in [3.63, 3.8) is 0 Å². The second-order valence-corrected chi connectivity index (χ2v) is 6.61. The summed E-state index contributed by atoms with van der Waals surface area (Å²) in [6, 6.07) is 5.07. The Balaban J connectivity index is 2.76. The molecular weight excluding hydrogens is 342 g/mol. The molecular formula is C18H27NO7. The molecule has 8 nitrogen and oxygen atoms in total. The first-order valence-corrected chi connectivity index (χ1v) is 8.19. The van der Waals surface area contributed by atoms with E-state index in [1.54, 1.807) is 58.9 Å². The molecule has 0 bridgehead atoms. The fourth-order valence-electron chi connectivity index (χ4n) is 2.00. The Morgan fingerprint density at radius 1 is 1.08 bits per heavy atom. The van der Waals surface area contributed by atoms with Crippen molar-refractivity contribution >= 4 is 12.1 Å². The van der Waals surface area contributed by atoms with E-state index in [-0.39, 0.29) is 0 Å². The summed E-state index contributed by atoms with van der Waals surface area (Å²) in [5, 5.41) is 11.7. The first kappa shape index (κ1) is 21.7. The molecule has 0 aliphatic heterocycles. The van der Waals surface area contributed by atoms with Crippen molar-refractivity contribution in [2.24, 2.45) is 0 Å². The molecule has 0 heterocycles. The van der Waals surface area contributed by atoms with E-state index < -0.39 is 36.3 Å². The van der Waals surface area contributed by atoms with Gasteiger partial charge in [-0.3, -0.25) is 0 Å². The average molecular weight is 369 g/mol. The van der Waals surface area contributed by atoms with Gasteiger partial charge in [0.2, 0.25) is 0 Å². The standard InChI is InChI=1S/C18H27NO7/c1-11(23-6)24-12(2)25-14-9-7-13(8-10-14)15(16(20)21)19-17(22)26-18(3,4)5/h7-12,15H,1-6H3,(H,19,22)(H,20,21)/t11?,12?,15-/m1/s1. The van der Waals surface area contributed by atoms with E-state index in [1.807, 2.05) is 0 Å². The van der Waals surface area contributed by atoms with Crippen LogP contribution in [-0.4, -0.2) is 42.5 Å². The third-order valence-corrected chi connectivity index (χ3v) is 3.14. The van der Waals surface area contributed by atoms with E-state index in [0.717, 1.165) is 0 Å². The molecule has 1 aromatic carbocycles. The van der Waals surface area contributed by atoms with Gasteiger partial charge in [-0.25, -0.2) is 9.59 Å². The van der Waals surface area contributed by atoms with E-state index in [0.29, 0.717) is 11.3 Å². The zero-order chi connectivity index (χ0) is 19.9. The highest BCUT2D eigenvalue weighted by Crippen LogP contribution is 2.20. The zero-order valence-electron chi connectivity index (χ0n) is 15.9. The van der Waals surface area contributed by atoms with Crippen LogP contribution < -0.4 is 10.1 Å². The van der Waals surface area contributed by atoms with Crippen molar-refractivity contribution in [3.05, 3.63) is 29.8 Å². The molecule has 1 aromatic rings. The Kier molecular flexibility index (Phi) is 7.85. The molecule has 0 radical (unpaired) electrons. The van der Waals surface area contributed by atoms with Crippen molar-refractivity contribution in [2.75, 3.05) is 7.11 Å². The number of carboxylic acids is 1. The van der Waals surface area contributed by atoms with Crippen LogP contribution in [0.1, 0.15) is 46.2 Å². The summed E-state index contributed by atoms with van der Waals surface area (Å²) in [4.78, 5) is 23.3. The maximum Gasteiger partial charge on any atom is 0.408 e. The number of hydrogen-bond acceptors (Lipinski definition) is 6. The Bertz CT molecular complexity index is 595. The predicted octanol–water partition coefficient (Wildman–Crippen LogP) is 3.07. The van der Waals surface area contributed by atoms with Gasteiger partial charge in [-0.05, 0) is 52.3 Å². The highest BCUT2D eigenvalue weighted by Gasteiger charge is 2.25. The summed E-state index contributed by atoms with van der Waals surface area (Å²) in [7, 11) is 1.52. The van der Waals surface area contributed by atoms with Crippen molar-refractivity contribution < 1.29 is 33.6 Å². The average Bonchev–Trinajstić information content (AvgIpc) is 2.51. The lowest BCUT2D eigenvalue weighted by molar-refractivity contribution is -0.192. The number of ether oxygens (including phenoxy) is 4. The summed E-state index contributed by atoms with van der Waals surface area (Å²) in [5.41, 5.74) is -0.338. The summed E-state index contributed by atoms with van der Waals surface area (Å²) < 4.78 is 21.1. The van der Waals surface area contributed by atoms with Crippen molar-refractivity contribution in [1.82, 2.24) is 5.32 Å². The molecule has 26 heavy (non-hydrogen) atoms. The zero-order valence-corrected chi connectivity index (χ0v) is 15.9. The van der Waals surface area contributed by atoms with Gasteiger partial charge in [-0.1, -0.05) is 12.1 Å². The van der Waals surface area contributed by atoms with Gasteiger partial charge < -0.3 is 29.4 Å². The van der Waals surface area contributed by atoms with Crippen LogP contribution in [0, 0.1) is 0 Å². The minimum absolute atomic E-state index is 0.384. The molecule has 146 valence electrons. The number of methoxy groups -OCH3 is 1. The number of amides is 1. The predicted molar refractivity (Wildman–Crippen MR) is 93.8 cm³/mol. The lowest BCUT2D eigenvalue weighted by Gasteiger charge is -2.22. The lowest BCUT2D eigenvalue weighted by atomic mass is 10.1. The molecule has 8 heteroatoms. The van der Waals surface area contributed by atoms with Crippen LogP contribution in [0.15, 0.2) is 24.3 Å². The number of carbonyl (C=O) groups is 2. The van der Waals surface area contributed by atoms with Crippen LogP contribution in [-0.2, 0) is 19.0 Å². The second kappa shape index (κ2) is 9.40. The van der Waals surface area contributed by atoms with Crippen LogP contribution in [0.5, 0.6) is 5.75 Å². The van der Waals surface area contributed by atoms with Gasteiger partial charge in [0.05, 0.1) is 0 Å². The normalized spacial score (nSPS) is 14.8. The maximum absolute atomic E-state index is 11.8. The van der Waals surface area contributed by atoms with Crippen LogP contribution in [0.4, 0.5) is 4.79 Å². The van der Waals surface area contributed by atoms with Gasteiger partial charge in [0.1, 0.15) is 11.4 Å². The largest absolute Gasteiger partial charge is 0.479 e. The van der Waals surface area contributed by atoms with Gasteiger partial charge >= 0.3 is 12.1 Å². The molecule has 1 amide bonds. The monoisotopic (exact) mass is 369 g/mol. The van der Waals surface area contributed by atoms with Crippen LogP contribution in [0.2, 0.25) is 0 Å². The Hall–Kier alpha value is -2.32. The number of nitrogens with one attached hydrogen (secondary N) is 1. The quantitative estimate of drug-likeness (QED) is 0.679. The molecule has 0 saturated heterocycles.